The second-order valence-electron chi connectivity index (χ2n) is 5.80. The molecule has 1 aromatic heterocycles. The first-order valence-electron chi connectivity index (χ1n) is 8.22. The minimum absolute atomic E-state index is 0.442. The number of hydrogen-bond acceptors (Lipinski definition) is 3. The van der Waals surface area contributed by atoms with Crippen LogP contribution in [0.3, 0.4) is 0 Å². The number of aromatic nitrogens is 1. The highest BCUT2D eigenvalue weighted by Gasteiger charge is 2.16. The van der Waals surface area contributed by atoms with Crippen molar-refractivity contribution < 1.29 is 4.74 Å². The zero-order chi connectivity index (χ0) is 15.2. The van der Waals surface area contributed by atoms with E-state index in [2.05, 4.69) is 60.5 Å². The second-order valence-corrected chi connectivity index (χ2v) is 5.80. The maximum atomic E-state index is 5.40. The van der Waals surface area contributed by atoms with E-state index in [0.29, 0.717) is 5.92 Å². The predicted octanol–water partition coefficient (Wildman–Crippen LogP) is 3.85. The Hall–Kier alpha value is -1.87. The van der Waals surface area contributed by atoms with Crippen LogP contribution in [-0.2, 0) is 4.74 Å². The fraction of sp³-hybridized carbons (Fsp3) is 0.421. The third-order valence-corrected chi connectivity index (χ3v) is 4.29. The Morgan fingerprint density at radius 2 is 1.82 bits per heavy atom. The molecule has 1 aromatic carbocycles. The van der Waals surface area contributed by atoms with Gasteiger partial charge in [0, 0.05) is 25.2 Å². The molecule has 0 bridgehead atoms. The first-order chi connectivity index (χ1) is 10.9. The zero-order valence-corrected chi connectivity index (χ0v) is 13.2. The lowest BCUT2D eigenvalue weighted by Gasteiger charge is -2.28. The van der Waals surface area contributed by atoms with E-state index < -0.39 is 0 Å². The SMILES string of the molecule is CCCC(c1ccccc1)c1ccc(N2CCOCC2)nc1. The molecular formula is C19H24N2O. The van der Waals surface area contributed by atoms with E-state index in [-0.39, 0.29) is 0 Å². The fourth-order valence-electron chi connectivity index (χ4n) is 3.08. The van der Waals surface area contributed by atoms with Crippen LogP contribution in [0.2, 0.25) is 0 Å². The zero-order valence-electron chi connectivity index (χ0n) is 13.2. The molecule has 1 fully saturated rings. The third-order valence-electron chi connectivity index (χ3n) is 4.29. The molecule has 0 radical (unpaired) electrons. The van der Waals surface area contributed by atoms with Crippen LogP contribution in [0, 0.1) is 0 Å². The minimum Gasteiger partial charge on any atom is -0.378 e. The molecule has 116 valence electrons. The summed E-state index contributed by atoms with van der Waals surface area (Å²) in [6.45, 7) is 5.70. The van der Waals surface area contributed by atoms with Crippen molar-refractivity contribution in [2.75, 3.05) is 31.2 Å². The van der Waals surface area contributed by atoms with Crippen molar-refractivity contribution >= 4 is 5.82 Å². The van der Waals surface area contributed by atoms with Gasteiger partial charge in [-0.2, -0.15) is 0 Å². The van der Waals surface area contributed by atoms with Crippen LogP contribution < -0.4 is 4.90 Å². The van der Waals surface area contributed by atoms with Gasteiger partial charge < -0.3 is 9.64 Å². The maximum absolute atomic E-state index is 5.40. The number of pyridine rings is 1. The van der Waals surface area contributed by atoms with Crippen LogP contribution >= 0.6 is 0 Å². The summed E-state index contributed by atoms with van der Waals surface area (Å²) >= 11 is 0. The molecule has 0 saturated carbocycles. The van der Waals surface area contributed by atoms with Gasteiger partial charge in [0.1, 0.15) is 5.82 Å². The minimum atomic E-state index is 0.442. The Bertz CT molecular complexity index is 562. The number of morpholine rings is 1. The van der Waals surface area contributed by atoms with E-state index >= 15 is 0 Å². The van der Waals surface area contributed by atoms with Gasteiger partial charge in [-0.05, 0) is 23.6 Å². The molecule has 3 heteroatoms. The summed E-state index contributed by atoms with van der Waals surface area (Å²) in [7, 11) is 0. The molecule has 3 rings (SSSR count). The first-order valence-corrected chi connectivity index (χ1v) is 8.22. The number of hydrogen-bond donors (Lipinski definition) is 0. The van der Waals surface area contributed by atoms with Crippen molar-refractivity contribution in [2.24, 2.45) is 0 Å². The highest BCUT2D eigenvalue weighted by Crippen LogP contribution is 2.29. The molecule has 0 aliphatic carbocycles. The monoisotopic (exact) mass is 296 g/mol. The molecule has 22 heavy (non-hydrogen) atoms. The van der Waals surface area contributed by atoms with E-state index in [9.17, 15) is 0 Å². The van der Waals surface area contributed by atoms with Crippen LogP contribution in [0.5, 0.6) is 0 Å². The van der Waals surface area contributed by atoms with E-state index in [0.717, 1.165) is 38.5 Å². The fourth-order valence-corrected chi connectivity index (χ4v) is 3.08. The molecular weight excluding hydrogens is 272 g/mol. The summed E-state index contributed by atoms with van der Waals surface area (Å²) in [5, 5.41) is 0. The smallest absolute Gasteiger partial charge is 0.128 e. The molecule has 1 unspecified atom stereocenters. The summed E-state index contributed by atoms with van der Waals surface area (Å²) in [4.78, 5) is 7.00. The molecule has 0 N–H and O–H groups in total. The molecule has 0 amide bonds. The molecule has 2 aromatic rings. The van der Waals surface area contributed by atoms with Crippen molar-refractivity contribution in [2.45, 2.75) is 25.7 Å². The number of anilines is 1. The van der Waals surface area contributed by atoms with E-state index in [1.54, 1.807) is 0 Å². The van der Waals surface area contributed by atoms with Gasteiger partial charge in [0.05, 0.1) is 13.2 Å². The highest BCUT2D eigenvalue weighted by atomic mass is 16.5. The molecule has 1 aliphatic heterocycles. The van der Waals surface area contributed by atoms with Crippen molar-refractivity contribution in [3.63, 3.8) is 0 Å². The standard InChI is InChI=1S/C19H24N2O/c1-2-6-18(16-7-4-3-5-8-16)17-9-10-19(20-15-17)21-11-13-22-14-12-21/h3-5,7-10,15,18H,2,6,11-14H2,1H3. The Kier molecular flexibility index (Phi) is 5.07. The number of nitrogens with zero attached hydrogens (tertiary/aromatic N) is 2. The molecule has 3 nitrogen and oxygen atoms in total. The molecule has 1 aliphatic rings. The lowest BCUT2D eigenvalue weighted by Crippen LogP contribution is -2.36. The third kappa shape index (κ3) is 3.47. The Labute approximate surface area is 132 Å². The summed E-state index contributed by atoms with van der Waals surface area (Å²) in [6.07, 6.45) is 4.38. The highest BCUT2D eigenvalue weighted by molar-refractivity contribution is 5.42. The van der Waals surface area contributed by atoms with Gasteiger partial charge >= 0.3 is 0 Å². The normalized spacial score (nSPS) is 16.5. The summed E-state index contributed by atoms with van der Waals surface area (Å²) in [6, 6.07) is 15.1. The molecule has 2 heterocycles. The lowest BCUT2D eigenvalue weighted by atomic mass is 9.89. The van der Waals surface area contributed by atoms with Crippen LogP contribution in [0.1, 0.15) is 36.8 Å². The maximum Gasteiger partial charge on any atom is 0.128 e. The number of benzene rings is 1. The van der Waals surface area contributed by atoms with Crippen molar-refractivity contribution in [1.29, 1.82) is 0 Å². The van der Waals surface area contributed by atoms with Gasteiger partial charge in [0.15, 0.2) is 0 Å². The largest absolute Gasteiger partial charge is 0.378 e. The van der Waals surface area contributed by atoms with Crippen molar-refractivity contribution in [3.8, 4) is 0 Å². The van der Waals surface area contributed by atoms with E-state index in [4.69, 9.17) is 9.72 Å². The van der Waals surface area contributed by atoms with Crippen LogP contribution in [0.25, 0.3) is 0 Å². The summed E-state index contributed by atoms with van der Waals surface area (Å²) < 4.78 is 5.40. The van der Waals surface area contributed by atoms with Gasteiger partial charge in [0.2, 0.25) is 0 Å². The second kappa shape index (κ2) is 7.41. The lowest BCUT2D eigenvalue weighted by molar-refractivity contribution is 0.122. The molecule has 1 saturated heterocycles. The van der Waals surface area contributed by atoms with E-state index in [1.807, 2.05) is 0 Å². The Morgan fingerprint density at radius 3 is 2.45 bits per heavy atom. The van der Waals surface area contributed by atoms with Gasteiger partial charge in [-0.3, -0.25) is 0 Å². The van der Waals surface area contributed by atoms with Gasteiger partial charge in [-0.25, -0.2) is 4.98 Å². The summed E-state index contributed by atoms with van der Waals surface area (Å²) in [5.74, 6) is 1.51. The van der Waals surface area contributed by atoms with Crippen LogP contribution in [0.4, 0.5) is 5.82 Å². The van der Waals surface area contributed by atoms with Crippen molar-refractivity contribution in [3.05, 3.63) is 59.8 Å². The first kappa shape index (κ1) is 15.0. The average Bonchev–Trinajstić information content (AvgIpc) is 2.61. The van der Waals surface area contributed by atoms with Gasteiger partial charge in [-0.15, -0.1) is 0 Å². The number of rotatable bonds is 5. The van der Waals surface area contributed by atoms with Gasteiger partial charge in [-0.1, -0.05) is 49.7 Å². The predicted molar refractivity (Wildman–Crippen MR) is 90.5 cm³/mol. The van der Waals surface area contributed by atoms with Crippen molar-refractivity contribution in [1.82, 2.24) is 4.98 Å². The summed E-state index contributed by atoms with van der Waals surface area (Å²) in [5.41, 5.74) is 2.69. The van der Waals surface area contributed by atoms with Crippen LogP contribution in [0.15, 0.2) is 48.7 Å². The number of ether oxygens (including phenoxy) is 1. The quantitative estimate of drug-likeness (QED) is 0.838. The van der Waals surface area contributed by atoms with Gasteiger partial charge in [0.25, 0.3) is 0 Å². The van der Waals surface area contributed by atoms with E-state index in [1.165, 1.54) is 17.5 Å². The topological polar surface area (TPSA) is 25.4 Å². The average molecular weight is 296 g/mol. The molecule has 0 spiro atoms. The van der Waals surface area contributed by atoms with Crippen LogP contribution in [-0.4, -0.2) is 31.3 Å². The Morgan fingerprint density at radius 1 is 1.05 bits per heavy atom. The Balaban J connectivity index is 1.80. The molecule has 1 atom stereocenters.